The summed E-state index contributed by atoms with van der Waals surface area (Å²) in [4.78, 5) is 0. The lowest BCUT2D eigenvalue weighted by Crippen LogP contribution is -2.25. The highest BCUT2D eigenvalue weighted by Gasteiger charge is 2.20. The topological polar surface area (TPSA) is 21.3 Å². The van der Waals surface area contributed by atoms with E-state index in [4.69, 9.17) is 4.74 Å². The largest absolute Gasteiger partial charge is 0.385 e. The van der Waals surface area contributed by atoms with E-state index in [1.165, 1.54) is 38.8 Å². The third-order valence-electron chi connectivity index (χ3n) is 2.87. The Morgan fingerprint density at radius 1 is 1.46 bits per heavy atom. The monoisotopic (exact) mass is 185 g/mol. The standard InChI is InChI=1S/C11H23NO/c1-3-10(6-7-13-2)8-12-9-11-4-5-11/h10-12H,3-9H2,1-2H3/t10-/m0/s1. The van der Waals surface area contributed by atoms with Gasteiger partial charge >= 0.3 is 0 Å². The van der Waals surface area contributed by atoms with Crippen molar-refractivity contribution in [1.82, 2.24) is 5.32 Å². The quantitative estimate of drug-likeness (QED) is 0.625. The number of hydrogen-bond donors (Lipinski definition) is 1. The van der Waals surface area contributed by atoms with E-state index in [0.29, 0.717) is 0 Å². The van der Waals surface area contributed by atoms with Crippen LogP contribution in [0.4, 0.5) is 0 Å². The molecular formula is C11H23NO. The maximum atomic E-state index is 5.09. The van der Waals surface area contributed by atoms with Crippen LogP contribution in [-0.2, 0) is 4.74 Å². The molecule has 0 unspecified atom stereocenters. The molecule has 2 heteroatoms. The first-order valence-corrected chi connectivity index (χ1v) is 5.56. The average molecular weight is 185 g/mol. The van der Waals surface area contributed by atoms with Gasteiger partial charge in [-0.1, -0.05) is 13.3 Å². The lowest BCUT2D eigenvalue weighted by Gasteiger charge is -2.14. The molecule has 1 N–H and O–H groups in total. The molecular weight excluding hydrogens is 162 g/mol. The summed E-state index contributed by atoms with van der Waals surface area (Å²) >= 11 is 0. The maximum Gasteiger partial charge on any atom is 0.0465 e. The van der Waals surface area contributed by atoms with Crippen LogP contribution in [-0.4, -0.2) is 26.8 Å². The molecule has 0 radical (unpaired) electrons. The lowest BCUT2D eigenvalue weighted by molar-refractivity contribution is 0.175. The van der Waals surface area contributed by atoms with Crippen LogP contribution in [0.5, 0.6) is 0 Å². The molecule has 0 aliphatic heterocycles. The van der Waals surface area contributed by atoms with E-state index in [-0.39, 0.29) is 0 Å². The Balaban J connectivity index is 1.93. The average Bonchev–Trinajstić information content (AvgIpc) is 2.94. The summed E-state index contributed by atoms with van der Waals surface area (Å²) in [5, 5.41) is 3.55. The Morgan fingerprint density at radius 3 is 2.77 bits per heavy atom. The molecule has 1 fully saturated rings. The smallest absolute Gasteiger partial charge is 0.0465 e. The van der Waals surface area contributed by atoms with Gasteiger partial charge in [0.15, 0.2) is 0 Å². The van der Waals surface area contributed by atoms with Gasteiger partial charge in [-0.2, -0.15) is 0 Å². The molecule has 0 aromatic heterocycles. The minimum atomic E-state index is 0.804. The number of nitrogens with one attached hydrogen (secondary N) is 1. The van der Waals surface area contributed by atoms with E-state index in [0.717, 1.165) is 18.4 Å². The minimum absolute atomic E-state index is 0.804. The van der Waals surface area contributed by atoms with Gasteiger partial charge in [0.1, 0.15) is 0 Å². The van der Waals surface area contributed by atoms with Crippen molar-refractivity contribution in [1.29, 1.82) is 0 Å². The van der Waals surface area contributed by atoms with Gasteiger partial charge in [0.2, 0.25) is 0 Å². The molecule has 0 bridgehead atoms. The van der Waals surface area contributed by atoms with Crippen molar-refractivity contribution < 1.29 is 4.74 Å². The molecule has 1 saturated carbocycles. The van der Waals surface area contributed by atoms with Gasteiger partial charge in [-0.25, -0.2) is 0 Å². The van der Waals surface area contributed by atoms with E-state index in [1.54, 1.807) is 7.11 Å². The fourth-order valence-corrected chi connectivity index (χ4v) is 1.55. The first-order chi connectivity index (χ1) is 6.36. The van der Waals surface area contributed by atoms with Crippen LogP contribution in [0.3, 0.4) is 0 Å². The van der Waals surface area contributed by atoms with Crippen molar-refractivity contribution in [2.45, 2.75) is 32.6 Å². The second-order valence-electron chi connectivity index (χ2n) is 4.16. The normalized spacial score (nSPS) is 18.9. The van der Waals surface area contributed by atoms with Gasteiger partial charge in [0, 0.05) is 13.7 Å². The van der Waals surface area contributed by atoms with Gasteiger partial charge in [-0.3, -0.25) is 0 Å². The number of ether oxygens (including phenoxy) is 1. The third-order valence-corrected chi connectivity index (χ3v) is 2.87. The summed E-state index contributed by atoms with van der Waals surface area (Å²) in [7, 11) is 1.78. The molecule has 1 aliphatic carbocycles. The highest BCUT2D eigenvalue weighted by Crippen LogP contribution is 2.27. The number of methoxy groups -OCH3 is 1. The summed E-state index contributed by atoms with van der Waals surface area (Å²) in [6, 6.07) is 0. The molecule has 0 aromatic rings. The number of hydrogen-bond acceptors (Lipinski definition) is 2. The number of rotatable bonds is 8. The Kier molecular flexibility index (Phi) is 5.40. The molecule has 1 aliphatic rings. The molecule has 1 rings (SSSR count). The third kappa shape index (κ3) is 5.27. The first-order valence-electron chi connectivity index (χ1n) is 5.56. The molecule has 0 aromatic carbocycles. The summed E-state index contributed by atoms with van der Waals surface area (Å²) in [6.07, 6.45) is 5.36. The lowest BCUT2D eigenvalue weighted by atomic mass is 10.0. The van der Waals surface area contributed by atoms with Gasteiger partial charge in [-0.15, -0.1) is 0 Å². The zero-order chi connectivity index (χ0) is 9.52. The van der Waals surface area contributed by atoms with Gasteiger partial charge in [0.05, 0.1) is 0 Å². The fraction of sp³-hybridized carbons (Fsp3) is 1.00. The van der Waals surface area contributed by atoms with E-state index in [2.05, 4.69) is 12.2 Å². The van der Waals surface area contributed by atoms with Crippen LogP contribution in [0.25, 0.3) is 0 Å². The van der Waals surface area contributed by atoms with Crippen LogP contribution >= 0.6 is 0 Å². The SMILES string of the molecule is CC[C@@H](CCOC)CNCC1CC1. The predicted molar refractivity (Wildman–Crippen MR) is 55.9 cm³/mol. The Bertz CT molecular complexity index is 123. The summed E-state index contributed by atoms with van der Waals surface area (Å²) in [5.41, 5.74) is 0. The molecule has 13 heavy (non-hydrogen) atoms. The van der Waals surface area contributed by atoms with Crippen molar-refractivity contribution in [2.75, 3.05) is 26.8 Å². The molecule has 78 valence electrons. The van der Waals surface area contributed by atoms with Gasteiger partial charge in [-0.05, 0) is 44.2 Å². The Morgan fingerprint density at radius 2 is 2.23 bits per heavy atom. The van der Waals surface area contributed by atoms with E-state index in [1.807, 2.05) is 0 Å². The van der Waals surface area contributed by atoms with Crippen molar-refractivity contribution in [3.8, 4) is 0 Å². The van der Waals surface area contributed by atoms with Gasteiger partial charge in [0.25, 0.3) is 0 Å². The molecule has 2 nitrogen and oxygen atoms in total. The van der Waals surface area contributed by atoms with E-state index < -0.39 is 0 Å². The van der Waals surface area contributed by atoms with E-state index in [9.17, 15) is 0 Å². The molecule has 0 amide bonds. The zero-order valence-electron chi connectivity index (χ0n) is 9.01. The second-order valence-corrected chi connectivity index (χ2v) is 4.16. The maximum absolute atomic E-state index is 5.09. The van der Waals surface area contributed by atoms with E-state index >= 15 is 0 Å². The minimum Gasteiger partial charge on any atom is -0.385 e. The van der Waals surface area contributed by atoms with Crippen LogP contribution in [0.2, 0.25) is 0 Å². The summed E-state index contributed by atoms with van der Waals surface area (Å²) in [6.45, 7) is 5.59. The van der Waals surface area contributed by atoms with Crippen molar-refractivity contribution >= 4 is 0 Å². The van der Waals surface area contributed by atoms with Crippen molar-refractivity contribution in [2.24, 2.45) is 11.8 Å². The summed E-state index contributed by atoms with van der Waals surface area (Å²) in [5.74, 6) is 1.80. The second kappa shape index (κ2) is 6.39. The molecule has 1 atom stereocenters. The molecule has 0 heterocycles. The Hall–Kier alpha value is -0.0800. The van der Waals surface area contributed by atoms with Crippen molar-refractivity contribution in [3.63, 3.8) is 0 Å². The zero-order valence-corrected chi connectivity index (χ0v) is 9.01. The van der Waals surface area contributed by atoms with Crippen LogP contribution < -0.4 is 5.32 Å². The van der Waals surface area contributed by atoms with Crippen LogP contribution in [0.15, 0.2) is 0 Å². The molecule has 0 saturated heterocycles. The van der Waals surface area contributed by atoms with Crippen LogP contribution in [0, 0.1) is 11.8 Å². The predicted octanol–water partition coefficient (Wildman–Crippen LogP) is 2.05. The first kappa shape index (κ1) is 11.0. The summed E-state index contributed by atoms with van der Waals surface area (Å²) < 4.78 is 5.09. The highest BCUT2D eigenvalue weighted by atomic mass is 16.5. The van der Waals surface area contributed by atoms with Crippen molar-refractivity contribution in [3.05, 3.63) is 0 Å². The Labute approximate surface area is 82.0 Å². The fourth-order valence-electron chi connectivity index (χ4n) is 1.55. The molecule has 0 spiro atoms. The highest BCUT2D eigenvalue weighted by molar-refractivity contribution is 4.75. The van der Waals surface area contributed by atoms with Gasteiger partial charge < -0.3 is 10.1 Å². The van der Waals surface area contributed by atoms with Crippen LogP contribution in [0.1, 0.15) is 32.6 Å².